The van der Waals surface area contributed by atoms with Crippen molar-refractivity contribution in [2.75, 3.05) is 12.3 Å². The summed E-state index contributed by atoms with van der Waals surface area (Å²) in [5.41, 5.74) is 0.614. The molecule has 4 nitrogen and oxygen atoms in total. The van der Waals surface area contributed by atoms with Crippen LogP contribution in [0.4, 0.5) is 0 Å². The number of carboxylic acids is 1. The molecule has 0 bridgehead atoms. The molecule has 0 spiro atoms. The topological polar surface area (TPSA) is 57.6 Å². The lowest BCUT2D eigenvalue weighted by atomic mass is 10.1. The maximum absolute atomic E-state index is 12.7. The summed E-state index contributed by atoms with van der Waals surface area (Å²) in [6, 6.07) is 5.03. The van der Waals surface area contributed by atoms with Gasteiger partial charge in [-0.05, 0) is 36.8 Å². The van der Waals surface area contributed by atoms with Gasteiger partial charge in [-0.2, -0.15) is 0 Å². The van der Waals surface area contributed by atoms with Crippen molar-refractivity contribution >= 4 is 35.2 Å². The molecule has 2 rings (SSSR count). The summed E-state index contributed by atoms with van der Waals surface area (Å²) in [5.74, 6) is -0.107. The third-order valence-corrected chi connectivity index (χ3v) is 4.69. The van der Waals surface area contributed by atoms with Gasteiger partial charge in [-0.15, -0.1) is 11.8 Å². The highest BCUT2D eigenvalue weighted by atomic mass is 35.5. The summed E-state index contributed by atoms with van der Waals surface area (Å²) in [6.45, 7) is 2.64. The highest BCUT2D eigenvalue weighted by molar-refractivity contribution is 7.99. The van der Waals surface area contributed by atoms with E-state index in [0.29, 0.717) is 17.1 Å². The second-order valence-corrected chi connectivity index (χ2v) is 6.71. The van der Waals surface area contributed by atoms with Crippen molar-refractivity contribution in [2.24, 2.45) is 0 Å². The molecule has 0 radical (unpaired) electrons. The minimum absolute atomic E-state index is 0.00951. The smallest absolute Gasteiger partial charge is 0.305 e. The van der Waals surface area contributed by atoms with Crippen molar-refractivity contribution in [1.82, 2.24) is 4.90 Å². The van der Waals surface area contributed by atoms with Gasteiger partial charge in [0.15, 0.2) is 0 Å². The predicted octanol–water partition coefficient (Wildman–Crippen LogP) is 3.53. The van der Waals surface area contributed by atoms with Gasteiger partial charge in [0.25, 0.3) is 5.91 Å². The normalized spacial score (nSPS) is 18.0. The third-order valence-electron chi connectivity index (χ3n) is 3.52. The number of carbonyl (C=O) groups is 2. The Balaban J connectivity index is 2.24. The standard InChI is InChI=1S/C15H18ClNO3S/c1-2-21-13-8-10(16)5-6-12(13)15(20)17-7-3-4-11(17)9-14(18)19/h5-6,8,11H,2-4,7,9H2,1H3,(H,18,19). The Morgan fingerprint density at radius 2 is 2.24 bits per heavy atom. The van der Waals surface area contributed by atoms with Crippen molar-refractivity contribution in [3.8, 4) is 0 Å². The number of carbonyl (C=O) groups excluding carboxylic acids is 1. The third kappa shape index (κ3) is 3.92. The van der Waals surface area contributed by atoms with E-state index >= 15 is 0 Å². The zero-order valence-corrected chi connectivity index (χ0v) is 13.4. The molecule has 0 saturated carbocycles. The second kappa shape index (κ2) is 7.18. The van der Waals surface area contributed by atoms with Crippen molar-refractivity contribution < 1.29 is 14.7 Å². The maximum Gasteiger partial charge on any atom is 0.305 e. The first-order valence-corrected chi connectivity index (χ1v) is 8.34. The first kappa shape index (κ1) is 16.2. The van der Waals surface area contributed by atoms with E-state index in [1.54, 1.807) is 34.9 Å². The van der Waals surface area contributed by atoms with Gasteiger partial charge in [0.1, 0.15) is 0 Å². The number of aliphatic carboxylic acids is 1. The van der Waals surface area contributed by atoms with Gasteiger partial charge >= 0.3 is 5.97 Å². The van der Waals surface area contributed by atoms with Crippen LogP contribution in [0.25, 0.3) is 0 Å². The number of nitrogens with zero attached hydrogens (tertiary/aromatic N) is 1. The number of rotatable bonds is 5. The van der Waals surface area contributed by atoms with Crippen molar-refractivity contribution in [1.29, 1.82) is 0 Å². The molecule has 1 aromatic rings. The molecular formula is C15H18ClNO3S. The van der Waals surface area contributed by atoms with E-state index in [-0.39, 0.29) is 18.4 Å². The first-order valence-electron chi connectivity index (χ1n) is 6.98. The van der Waals surface area contributed by atoms with E-state index in [4.69, 9.17) is 16.7 Å². The summed E-state index contributed by atoms with van der Waals surface area (Å²) in [6.07, 6.45) is 1.62. The zero-order valence-electron chi connectivity index (χ0n) is 11.8. The lowest BCUT2D eigenvalue weighted by Gasteiger charge is -2.24. The fourth-order valence-electron chi connectivity index (χ4n) is 2.62. The van der Waals surface area contributed by atoms with Gasteiger partial charge in [-0.25, -0.2) is 0 Å². The second-order valence-electron chi connectivity index (χ2n) is 4.97. The molecule has 1 unspecified atom stereocenters. The van der Waals surface area contributed by atoms with Gasteiger partial charge in [0, 0.05) is 22.5 Å². The number of hydrogen-bond acceptors (Lipinski definition) is 3. The summed E-state index contributed by atoms with van der Waals surface area (Å²) < 4.78 is 0. The number of likely N-dealkylation sites (tertiary alicyclic amines) is 1. The minimum Gasteiger partial charge on any atom is -0.481 e. The Hall–Kier alpha value is -1.20. The quantitative estimate of drug-likeness (QED) is 0.840. The molecule has 1 aliphatic heterocycles. The Morgan fingerprint density at radius 1 is 1.48 bits per heavy atom. The summed E-state index contributed by atoms with van der Waals surface area (Å²) >= 11 is 7.57. The number of benzene rings is 1. The van der Waals surface area contributed by atoms with Crippen LogP contribution >= 0.6 is 23.4 Å². The van der Waals surface area contributed by atoms with Crippen LogP contribution in [0.5, 0.6) is 0 Å². The first-order chi connectivity index (χ1) is 10.0. The van der Waals surface area contributed by atoms with Crippen LogP contribution in [0, 0.1) is 0 Å². The number of halogens is 1. The Bertz CT molecular complexity index is 550. The molecule has 1 heterocycles. The van der Waals surface area contributed by atoms with Crippen LogP contribution in [-0.2, 0) is 4.79 Å². The van der Waals surface area contributed by atoms with E-state index in [2.05, 4.69) is 0 Å². The molecule has 1 amide bonds. The number of amides is 1. The Morgan fingerprint density at radius 3 is 2.90 bits per heavy atom. The Kier molecular flexibility index (Phi) is 5.53. The number of carboxylic acid groups (broad SMARTS) is 1. The fraction of sp³-hybridized carbons (Fsp3) is 0.467. The molecule has 1 N–H and O–H groups in total. The lowest BCUT2D eigenvalue weighted by molar-refractivity contribution is -0.137. The van der Waals surface area contributed by atoms with Gasteiger partial charge in [-0.3, -0.25) is 9.59 Å². The van der Waals surface area contributed by atoms with Crippen LogP contribution in [0.3, 0.4) is 0 Å². The highest BCUT2D eigenvalue weighted by Crippen LogP contribution is 2.30. The van der Waals surface area contributed by atoms with Crippen LogP contribution in [-0.4, -0.2) is 40.2 Å². The van der Waals surface area contributed by atoms with E-state index in [9.17, 15) is 9.59 Å². The molecule has 1 aromatic carbocycles. The largest absolute Gasteiger partial charge is 0.481 e. The van der Waals surface area contributed by atoms with E-state index in [1.165, 1.54) is 0 Å². The van der Waals surface area contributed by atoms with Crippen LogP contribution in [0.15, 0.2) is 23.1 Å². The van der Waals surface area contributed by atoms with E-state index < -0.39 is 5.97 Å². The summed E-state index contributed by atoms with van der Waals surface area (Å²) in [7, 11) is 0. The molecule has 21 heavy (non-hydrogen) atoms. The summed E-state index contributed by atoms with van der Waals surface area (Å²) in [4.78, 5) is 26.2. The molecule has 0 aliphatic carbocycles. The molecule has 114 valence electrons. The average Bonchev–Trinajstić information content (AvgIpc) is 2.86. The predicted molar refractivity (Wildman–Crippen MR) is 84.2 cm³/mol. The minimum atomic E-state index is -0.862. The zero-order chi connectivity index (χ0) is 15.4. The van der Waals surface area contributed by atoms with Crippen LogP contribution in [0.2, 0.25) is 5.02 Å². The molecule has 0 aromatic heterocycles. The fourth-order valence-corrected chi connectivity index (χ4v) is 3.69. The molecule has 1 aliphatic rings. The lowest BCUT2D eigenvalue weighted by Crippen LogP contribution is -2.37. The average molecular weight is 328 g/mol. The SMILES string of the molecule is CCSc1cc(Cl)ccc1C(=O)N1CCCC1CC(=O)O. The molecule has 1 saturated heterocycles. The van der Waals surface area contributed by atoms with Crippen molar-refractivity contribution in [3.05, 3.63) is 28.8 Å². The monoisotopic (exact) mass is 327 g/mol. The maximum atomic E-state index is 12.7. The van der Waals surface area contributed by atoms with E-state index in [0.717, 1.165) is 23.5 Å². The Labute approximate surface area is 133 Å². The van der Waals surface area contributed by atoms with Gasteiger partial charge in [-0.1, -0.05) is 18.5 Å². The van der Waals surface area contributed by atoms with Crippen molar-refractivity contribution in [2.45, 2.75) is 37.1 Å². The van der Waals surface area contributed by atoms with Gasteiger partial charge < -0.3 is 10.0 Å². The molecule has 6 heteroatoms. The van der Waals surface area contributed by atoms with Crippen LogP contribution in [0.1, 0.15) is 36.5 Å². The number of hydrogen-bond donors (Lipinski definition) is 1. The van der Waals surface area contributed by atoms with Gasteiger partial charge in [0.2, 0.25) is 0 Å². The summed E-state index contributed by atoms with van der Waals surface area (Å²) in [5, 5.41) is 9.56. The molecule has 1 fully saturated rings. The van der Waals surface area contributed by atoms with Crippen LogP contribution < -0.4 is 0 Å². The molecular weight excluding hydrogens is 310 g/mol. The van der Waals surface area contributed by atoms with Gasteiger partial charge in [0.05, 0.1) is 12.0 Å². The highest BCUT2D eigenvalue weighted by Gasteiger charge is 2.31. The number of thioether (sulfide) groups is 1. The van der Waals surface area contributed by atoms with E-state index in [1.807, 2.05) is 6.92 Å². The van der Waals surface area contributed by atoms with Crippen molar-refractivity contribution in [3.63, 3.8) is 0 Å². The molecule has 1 atom stereocenters.